The van der Waals surface area contributed by atoms with Crippen LogP contribution in [0.4, 0.5) is 8.78 Å². The molecule has 1 aromatic rings. The van der Waals surface area contributed by atoms with Gasteiger partial charge in [0.1, 0.15) is 11.8 Å². The number of carbonyl (C=O) groups is 1. The molecule has 1 aromatic heterocycles. The summed E-state index contributed by atoms with van der Waals surface area (Å²) < 4.78 is 25.1. The van der Waals surface area contributed by atoms with E-state index in [1.54, 1.807) is 0 Å². The molecule has 0 aliphatic rings. The molecule has 0 spiro atoms. The topological polar surface area (TPSA) is 53.8 Å². The van der Waals surface area contributed by atoms with Crippen molar-refractivity contribution in [2.75, 3.05) is 0 Å². The summed E-state index contributed by atoms with van der Waals surface area (Å²) in [5, 5.41) is 8.50. The highest BCUT2D eigenvalue weighted by molar-refractivity contribution is 9.10. The average Bonchev–Trinajstić information content (AvgIpc) is 2.17. The smallest absolute Gasteiger partial charge is 0.267 e. The zero-order valence-corrected chi connectivity index (χ0v) is 8.25. The Labute approximate surface area is 86.5 Å². The van der Waals surface area contributed by atoms with Crippen molar-refractivity contribution in [3.05, 3.63) is 27.5 Å². The summed E-state index contributed by atoms with van der Waals surface area (Å²) in [6.45, 7) is 0. The number of hydrogen-bond donors (Lipinski definition) is 0. The number of carbonyl (C=O) groups excluding carboxylic acids is 1. The predicted molar refractivity (Wildman–Crippen MR) is 47.0 cm³/mol. The minimum atomic E-state index is -2.89. The molecule has 0 radical (unpaired) electrons. The first kappa shape index (κ1) is 10.7. The Morgan fingerprint density at radius 2 is 2.29 bits per heavy atom. The number of hydrogen-bond acceptors (Lipinski definition) is 3. The highest BCUT2D eigenvalue weighted by atomic mass is 79.9. The highest BCUT2D eigenvalue weighted by Crippen LogP contribution is 2.28. The van der Waals surface area contributed by atoms with E-state index in [0.29, 0.717) is 0 Å². The lowest BCUT2D eigenvalue weighted by atomic mass is 10.1. The molecular formula is C8H3BrF2N2O. The van der Waals surface area contributed by atoms with Gasteiger partial charge in [-0.15, -0.1) is 0 Å². The maximum Gasteiger partial charge on any atom is 0.267 e. The van der Waals surface area contributed by atoms with Crippen LogP contribution in [0.1, 0.15) is 28.0 Å². The van der Waals surface area contributed by atoms with Gasteiger partial charge in [0.25, 0.3) is 6.43 Å². The lowest BCUT2D eigenvalue weighted by Gasteiger charge is -2.06. The number of aromatic nitrogens is 1. The number of nitriles is 1. The minimum Gasteiger partial charge on any atom is -0.298 e. The van der Waals surface area contributed by atoms with E-state index in [0.717, 1.165) is 6.20 Å². The molecule has 0 saturated carbocycles. The van der Waals surface area contributed by atoms with Crippen LogP contribution in [0.25, 0.3) is 0 Å². The largest absolute Gasteiger partial charge is 0.298 e. The van der Waals surface area contributed by atoms with Crippen LogP contribution in [-0.2, 0) is 0 Å². The third-order valence-corrected chi connectivity index (χ3v) is 2.18. The molecule has 14 heavy (non-hydrogen) atoms. The molecule has 0 amide bonds. The van der Waals surface area contributed by atoms with Crippen LogP contribution in [0.15, 0.2) is 10.7 Å². The molecule has 0 aliphatic heterocycles. The van der Waals surface area contributed by atoms with E-state index in [-0.39, 0.29) is 16.3 Å². The van der Waals surface area contributed by atoms with E-state index in [1.807, 2.05) is 0 Å². The molecule has 6 heteroatoms. The van der Waals surface area contributed by atoms with Gasteiger partial charge >= 0.3 is 0 Å². The highest BCUT2D eigenvalue weighted by Gasteiger charge is 2.20. The quantitative estimate of drug-likeness (QED) is 0.768. The SMILES string of the molecule is N#Cc1ncc(Br)c(C=O)c1C(F)F. The van der Waals surface area contributed by atoms with Crippen molar-refractivity contribution in [2.45, 2.75) is 6.43 Å². The third-order valence-electron chi connectivity index (χ3n) is 1.55. The van der Waals surface area contributed by atoms with Crippen LogP contribution >= 0.6 is 15.9 Å². The van der Waals surface area contributed by atoms with Gasteiger partial charge in [-0.05, 0) is 15.9 Å². The normalized spacial score (nSPS) is 9.93. The van der Waals surface area contributed by atoms with Crippen molar-refractivity contribution in [3.8, 4) is 6.07 Å². The molecule has 0 bridgehead atoms. The summed E-state index contributed by atoms with van der Waals surface area (Å²) >= 11 is 2.90. The van der Waals surface area contributed by atoms with E-state index in [9.17, 15) is 13.6 Å². The van der Waals surface area contributed by atoms with Gasteiger partial charge in [0, 0.05) is 16.2 Å². The van der Waals surface area contributed by atoms with E-state index >= 15 is 0 Å². The van der Waals surface area contributed by atoms with Gasteiger partial charge < -0.3 is 0 Å². The van der Waals surface area contributed by atoms with Gasteiger partial charge in [0.05, 0.1) is 5.56 Å². The number of nitrogens with zero attached hydrogens (tertiary/aromatic N) is 2. The standard InChI is InChI=1S/C8H3BrF2N2O/c9-5-2-13-6(1-12)7(8(10)11)4(5)3-14/h2-3,8H. The van der Waals surface area contributed by atoms with Crippen molar-refractivity contribution < 1.29 is 13.6 Å². The molecular weight excluding hydrogens is 258 g/mol. The maximum absolute atomic E-state index is 12.5. The Morgan fingerprint density at radius 3 is 2.71 bits per heavy atom. The van der Waals surface area contributed by atoms with Crippen LogP contribution in [0.2, 0.25) is 0 Å². The van der Waals surface area contributed by atoms with Crippen LogP contribution in [0.5, 0.6) is 0 Å². The second-order valence-corrected chi connectivity index (χ2v) is 3.17. The van der Waals surface area contributed by atoms with Crippen molar-refractivity contribution in [1.82, 2.24) is 4.98 Å². The van der Waals surface area contributed by atoms with Gasteiger partial charge in [0.2, 0.25) is 0 Å². The van der Waals surface area contributed by atoms with E-state index in [2.05, 4.69) is 20.9 Å². The maximum atomic E-state index is 12.5. The lowest BCUT2D eigenvalue weighted by Crippen LogP contribution is -2.01. The van der Waals surface area contributed by atoms with Crippen molar-refractivity contribution in [1.29, 1.82) is 5.26 Å². The summed E-state index contributed by atoms with van der Waals surface area (Å²) in [6, 6.07) is 1.51. The molecule has 72 valence electrons. The van der Waals surface area contributed by atoms with Gasteiger partial charge in [-0.3, -0.25) is 4.79 Å². The van der Waals surface area contributed by atoms with Gasteiger partial charge in [-0.2, -0.15) is 5.26 Å². The van der Waals surface area contributed by atoms with Crippen molar-refractivity contribution in [3.63, 3.8) is 0 Å². The number of pyridine rings is 1. The van der Waals surface area contributed by atoms with E-state index < -0.39 is 17.7 Å². The first-order valence-electron chi connectivity index (χ1n) is 3.43. The zero-order chi connectivity index (χ0) is 10.7. The van der Waals surface area contributed by atoms with Gasteiger partial charge in [-0.1, -0.05) is 0 Å². The Kier molecular flexibility index (Phi) is 3.25. The first-order valence-corrected chi connectivity index (χ1v) is 4.23. The Bertz CT molecular complexity index is 415. The van der Waals surface area contributed by atoms with Crippen LogP contribution in [-0.4, -0.2) is 11.3 Å². The summed E-state index contributed by atoms with van der Waals surface area (Å²) in [4.78, 5) is 14.0. The molecule has 3 nitrogen and oxygen atoms in total. The molecule has 0 atom stereocenters. The summed E-state index contributed by atoms with van der Waals surface area (Å²) in [6.07, 6.45) is -1.47. The van der Waals surface area contributed by atoms with Gasteiger partial charge in [-0.25, -0.2) is 13.8 Å². The minimum absolute atomic E-state index is 0.154. The summed E-state index contributed by atoms with van der Waals surface area (Å²) in [7, 11) is 0. The molecule has 0 N–H and O–H groups in total. The fourth-order valence-corrected chi connectivity index (χ4v) is 1.36. The average molecular weight is 261 g/mol. The zero-order valence-electron chi connectivity index (χ0n) is 6.67. The number of alkyl halides is 2. The second-order valence-electron chi connectivity index (χ2n) is 2.31. The number of halogens is 3. The molecule has 1 rings (SSSR count). The lowest BCUT2D eigenvalue weighted by molar-refractivity contribution is 0.110. The first-order chi connectivity index (χ1) is 6.61. The van der Waals surface area contributed by atoms with Crippen LogP contribution in [0, 0.1) is 11.3 Å². The predicted octanol–water partition coefficient (Wildman–Crippen LogP) is 2.47. The Balaban J connectivity index is 3.54. The van der Waals surface area contributed by atoms with Crippen LogP contribution in [0.3, 0.4) is 0 Å². The second kappa shape index (κ2) is 4.24. The number of rotatable bonds is 2. The number of aldehydes is 1. The van der Waals surface area contributed by atoms with E-state index in [1.165, 1.54) is 6.07 Å². The molecule has 0 aliphatic carbocycles. The molecule has 0 unspecified atom stereocenters. The van der Waals surface area contributed by atoms with Gasteiger partial charge in [0.15, 0.2) is 6.29 Å². The summed E-state index contributed by atoms with van der Waals surface area (Å²) in [5.74, 6) is 0. The third kappa shape index (κ3) is 1.77. The monoisotopic (exact) mass is 260 g/mol. The Hall–Kier alpha value is -1.35. The fraction of sp³-hybridized carbons (Fsp3) is 0.125. The molecule has 0 aromatic carbocycles. The van der Waals surface area contributed by atoms with Crippen LogP contribution < -0.4 is 0 Å². The Morgan fingerprint density at radius 1 is 1.64 bits per heavy atom. The van der Waals surface area contributed by atoms with Crippen molar-refractivity contribution in [2.24, 2.45) is 0 Å². The van der Waals surface area contributed by atoms with Crippen molar-refractivity contribution >= 4 is 22.2 Å². The molecule has 1 heterocycles. The molecule has 0 fully saturated rings. The summed E-state index contributed by atoms with van der Waals surface area (Å²) in [5.41, 5.74) is -1.28. The van der Waals surface area contributed by atoms with E-state index in [4.69, 9.17) is 5.26 Å². The fourth-order valence-electron chi connectivity index (χ4n) is 0.946. The molecule has 0 saturated heterocycles.